The smallest absolute Gasteiger partial charge is 0.145 e. The minimum Gasteiger partial charge on any atom is -0.372 e. The lowest BCUT2D eigenvalue weighted by Crippen LogP contribution is -1.87. The van der Waals surface area contributed by atoms with Crippen LogP contribution in [0.4, 0.5) is 5.82 Å². The molecule has 0 fully saturated rings. The van der Waals surface area contributed by atoms with E-state index in [2.05, 4.69) is 27.7 Å². The van der Waals surface area contributed by atoms with Crippen molar-refractivity contribution in [1.82, 2.24) is 9.38 Å². The zero-order valence-electron chi connectivity index (χ0n) is 8.02. The summed E-state index contributed by atoms with van der Waals surface area (Å²) in [5.41, 5.74) is 2.18. The van der Waals surface area contributed by atoms with Gasteiger partial charge >= 0.3 is 0 Å². The van der Waals surface area contributed by atoms with Crippen molar-refractivity contribution < 1.29 is 0 Å². The summed E-state index contributed by atoms with van der Waals surface area (Å²) in [7, 11) is 1.87. The van der Waals surface area contributed by atoms with Crippen LogP contribution in [0.2, 0.25) is 0 Å². The number of aromatic nitrogens is 2. The molecule has 3 nitrogen and oxygen atoms in total. The number of pyridine rings is 1. The molecule has 0 saturated heterocycles. The number of anilines is 1. The summed E-state index contributed by atoms with van der Waals surface area (Å²) in [6.45, 7) is 2.06. The van der Waals surface area contributed by atoms with E-state index in [0.29, 0.717) is 0 Å². The number of aryl methyl sites for hydroxylation is 1. The molecule has 0 aromatic carbocycles. The van der Waals surface area contributed by atoms with Gasteiger partial charge in [0, 0.05) is 12.7 Å². The predicted octanol–water partition coefficient (Wildman–Crippen LogP) is 2.53. The number of imidazole rings is 1. The molecule has 0 saturated carbocycles. The van der Waals surface area contributed by atoms with E-state index in [1.54, 1.807) is 0 Å². The number of rotatable bonds is 1. The maximum Gasteiger partial charge on any atom is 0.145 e. The van der Waals surface area contributed by atoms with E-state index in [-0.39, 0.29) is 24.8 Å². The Balaban J connectivity index is 0.000000845. The van der Waals surface area contributed by atoms with Crippen molar-refractivity contribution in [2.24, 2.45) is 0 Å². The second-order valence-electron chi connectivity index (χ2n) is 2.77. The van der Waals surface area contributed by atoms with E-state index in [1.807, 2.05) is 25.4 Å². The minimum atomic E-state index is 0. The number of fused-ring (bicyclic) bond motifs is 1. The van der Waals surface area contributed by atoms with Gasteiger partial charge in [-0.25, -0.2) is 4.98 Å². The third-order valence-electron chi connectivity index (χ3n) is 1.95. The molecule has 1 N–H and O–H groups in total. The van der Waals surface area contributed by atoms with Gasteiger partial charge in [0.15, 0.2) is 0 Å². The number of hydrogen-bond donors (Lipinski definition) is 1. The second kappa shape index (κ2) is 5.08. The fraction of sp³-hybridized carbons (Fsp3) is 0.222. The molecule has 0 unspecified atom stereocenters. The molecule has 0 spiro atoms. The van der Waals surface area contributed by atoms with Crippen molar-refractivity contribution >= 4 is 36.3 Å². The molecule has 0 aliphatic carbocycles. The molecule has 2 aromatic heterocycles. The minimum absolute atomic E-state index is 0. The standard InChI is InChI=1S/C9H11N3.2ClH/c1-7-4-3-5-9-11-8(10-2)6-12(7)9;;/h3-6,10H,1-2H3;2*1H. The lowest BCUT2D eigenvalue weighted by molar-refractivity contribution is 1.09. The fourth-order valence-electron chi connectivity index (χ4n) is 1.27. The Morgan fingerprint density at radius 3 is 2.57 bits per heavy atom. The fourth-order valence-corrected chi connectivity index (χ4v) is 1.27. The zero-order chi connectivity index (χ0) is 8.55. The van der Waals surface area contributed by atoms with E-state index in [9.17, 15) is 0 Å². The van der Waals surface area contributed by atoms with Crippen LogP contribution in [0.15, 0.2) is 24.4 Å². The summed E-state index contributed by atoms with van der Waals surface area (Å²) >= 11 is 0. The molecule has 2 heterocycles. The predicted molar refractivity (Wildman–Crippen MR) is 64.0 cm³/mol. The van der Waals surface area contributed by atoms with Crippen LogP contribution in [0.3, 0.4) is 0 Å². The van der Waals surface area contributed by atoms with Gasteiger partial charge in [0.25, 0.3) is 0 Å². The van der Waals surface area contributed by atoms with Crippen LogP contribution in [-0.4, -0.2) is 16.4 Å². The van der Waals surface area contributed by atoms with Crippen LogP contribution in [0.1, 0.15) is 5.69 Å². The third kappa shape index (κ3) is 2.11. The van der Waals surface area contributed by atoms with Crippen molar-refractivity contribution in [3.05, 3.63) is 30.1 Å². The molecule has 0 amide bonds. The molecule has 0 aliphatic rings. The van der Waals surface area contributed by atoms with Gasteiger partial charge in [0.1, 0.15) is 11.5 Å². The van der Waals surface area contributed by atoms with Crippen molar-refractivity contribution in [3.8, 4) is 0 Å². The van der Waals surface area contributed by atoms with E-state index in [4.69, 9.17) is 0 Å². The molecular formula is C9H13Cl2N3. The average Bonchev–Trinajstić information content (AvgIpc) is 2.49. The Bertz CT molecular complexity index is 411. The first-order chi connectivity index (χ1) is 5.81. The first kappa shape index (κ1) is 13.1. The van der Waals surface area contributed by atoms with Gasteiger partial charge in [-0.15, -0.1) is 24.8 Å². The summed E-state index contributed by atoms with van der Waals surface area (Å²) in [5.74, 6) is 0.907. The third-order valence-corrected chi connectivity index (χ3v) is 1.95. The monoisotopic (exact) mass is 233 g/mol. The van der Waals surface area contributed by atoms with Crippen molar-refractivity contribution in [3.63, 3.8) is 0 Å². The lowest BCUT2D eigenvalue weighted by Gasteiger charge is -1.95. The highest BCUT2D eigenvalue weighted by atomic mass is 35.5. The molecule has 2 rings (SSSR count). The Morgan fingerprint density at radius 1 is 1.29 bits per heavy atom. The Hall–Kier alpha value is -0.930. The normalized spacial score (nSPS) is 9.00. The van der Waals surface area contributed by atoms with Crippen molar-refractivity contribution in [1.29, 1.82) is 0 Å². The van der Waals surface area contributed by atoms with Gasteiger partial charge in [0.05, 0.1) is 6.20 Å². The van der Waals surface area contributed by atoms with Gasteiger partial charge in [-0.1, -0.05) is 6.07 Å². The number of nitrogens with zero attached hydrogens (tertiary/aromatic N) is 2. The quantitative estimate of drug-likeness (QED) is 0.821. The van der Waals surface area contributed by atoms with E-state index >= 15 is 0 Å². The highest BCUT2D eigenvalue weighted by molar-refractivity contribution is 5.85. The molecule has 14 heavy (non-hydrogen) atoms. The first-order valence-corrected chi connectivity index (χ1v) is 3.94. The largest absolute Gasteiger partial charge is 0.372 e. The molecule has 0 radical (unpaired) electrons. The molecule has 0 bridgehead atoms. The first-order valence-electron chi connectivity index (χ1n) is 3.94. The van der Waals surface area contributed by atoms with Crippen LogP contribution < -0.4 is 5.32 Å². The number of hydrogen-bond acceptors (Lipinski definition) is 2. The summed E-state index contributed by atoms with van der Waals surface area (Å²) < 4.78 is 2.06. The van der Waals surface area contributed by atoms with Crippen LogP contribution in [0.25, 0.3) is 5.65 Å². The van der Waals surface area contributed by atoms with Gasteiger partial charge in [0.2, 0.25) is 0 Å². The molecule has 5 heteroatoms. The van der Waals surface area contributed by atoms with E-state index < -0.39 is 0 Å². The SMILES string of the molecule is CNc1cn2c(C)cccc2n1.Cl.Cl. The molecule has 2 aromatic rings. The van der Waals surface area contributed by atoms with Gasteiger partial charge < -0.3 is 9.72 Å². The van der Waals surface area contributed by atoms with Crippen molar-refractivity contribution in [2.75, 3.05) is 12.4 Å². The van der Waals surface area contributed by atoms with Gasteiger partial charge in [-0.05, 0) is 19.1 Å². The maximum absolute atomic E-state index is 4.34. The highest BCUT2D eigenvalue weighted by Crippen LogP contribution is 2.10. The van der Waals surface area contributed by atoms with E-state index in [1.165, 1.54) is 5.69 Å². The lowest BCUT2D eigenvalue weighted by atomic mass is 10.4. The Kier molecular flexibility index (Phi) is 4.74. The molecular weight excluding hydrogens is 221 g/mol. The topological polar surface area (TPSA) is 29.3 Å². The maximum atomic E-state index is 4.34. The van der Waals surface area contributed by atoms with Gasteiger partial charge in [-0.3, -0.25) is 0 Å². The van der Waals surface area contributed by atoms with Crippen LogP contribution >= 0.6 is 24.8 Å². The van der Waals surface area contributed by atoms with Crippen molar-refractivity contribution in [2.45, 2.75) is 6.92 Å². The Labute approximate surface area is 95.4 Å². The van der Waals surface area contributed by atoms with Crippen LogP contribution in [-0.2, 0) is 0 Å². The van der Waals surface area contributed by atoms with Crippen LogP contribution in [0, 0.1) is 6.92 Å². The van der Waals surface area contributed by atoms with Crippen LogP contribution in [0.5, 0.6) is 0 Å². The molecule has 0 atom stereocenters. The molecule has 0 aliphatic heterocycles. The summed E-state index contributed by atoms with van der Waals surface area (Å²) in [6.07, 6.45) is 1.99. The highest BCUT2D eigenvalue weighted by Gasteiger charge is 1.99. The number of halogens is 2. The summed E-state index contributed by atoms with van der Waals surface area (Å²) in [4.78, 5) is 4.34. The molecule has 78 valence electrons. The average molecular weight is 234 g/mol. The summed E-state index contributed by atoms with van der Waals surface area (Å²) in [5, 5.41) is 3.01. The van der Waals surface area contributed by atoms with Gasteiger partial charge in [-0.2, -0.15) is 0 Å². The van der Waals surface area contributed by atoms with E-state index in [0.717, 1.165) is 11.5 Å². The number of nitrogens with one attached hydrogen (secondary N) is 1. The summed E-state index contributed by atoms with van der Waals surface area (Å²) in [6, 6.07) is 6.07. The zero-order valence-corrected chi connectivity index (χ0v) is 9.65. The Morgan fingerprint density at radius 2 is 2.00 bits per heavy atom. The second-order valence-corrected chi connectivity index (χ2v) is 2.77.